The van der Waals surface area contributed by atoms with Gasteiger partial charge in [-0.05, 0) is 43.5 Å². The summed E-state index contributed by atoms with van der Waals surface area (Å²) in [6.45, 7) is 6.14. The number of ether oxygens (including phenoxy) is 1. The quantitative estimate of drug-likeness (QED) is 0.612. The zero-order valence-corrected chi connectivity index (χ0v) is 14.1. The van der Waals surface area contributed by atoms with Crippen molar-refractivity contribution in [1.29, 1.82) is 0 Å². The lowest BCUT2D eigenvalue weighted by Crippen LogP contribution is -2.30. The molecule has 0 aromatic heterocycles. The first kappa shape index (κ1) is 17.2. The second-order valence-corrected chi connectivity index (χ2v) is 5.88. The second-order valence-electron chi connectivity index (χ2n) is 5.88. The number of benzene rings is 2. The highest BCUT2D eigenvalue weighted by atomic mass is 16.5. The molecule has 122 valence electrons. The molecular formula is C20H25NO2. The second kappa shape index (κ2) is 8.49. The van der Waals surface area contributed by atoms with Crippen LogP contribution in [0.2, 0.25) is 0 Å². The molecule has 0 aliphatic heterocycles. The lowest BCUT2D eigenvalue weighted by atomic mass is 10.0. The Morgan fingerprint density at radius 2 is 1.83 bits per heavy atom. The first-order valence-corrected chi connectivity index (χ1v) is 8.19. The van der Waals surface area contributed by atoms with Crippen LogP contribution < -0.4 is 10.1 Å². The highest BCUT2D eigenvalue weighted by molar-refractivity contribution is 5.71. The Balaban J connectivity index is 1.93. The number of carbonyl (C=O) groups excluding carboxylic acids is 1. The van der Waals surface area contributed by atoms with E-state index in [-0.39, 0.29) is 5.97 Å². The molecule has 2 atom stereocenters. The molecule has 0 saturated heterocycles. The van der Waals surface area contributed by atoms with Crippen LogP contribution in [0.25, 0.3) is 0 Å². The van der Waals surface area contributed by atoms with Crippen LogP contribution in [0.5, 0.6) is 5.75 Å². The first-order valence-electron chi connectivity index (χ1n) is 8.19. The van der Waals surface area contributed by atoms with Gasteiger partial charge in [-0.1, -0.05) is 49.4 Å². The molecule has 0 aliphatic rings. The van der Waals surface area contributed by atoms with E-state index < -0.39 is 0 Å². The summed E-state index contributed by atoms with van der Waals surface area (Å²) in [5.74, 6) is 0.420. The molecule has 0 bridgehead atoms. The summed E-state index contributed by atoms with van der Waals surface area (Å²) in [5.41, 5.74) is 2.44. The van der Waals surface area contributed by atoms with Gasteiger partial charge in [0.15, 0.2) is 0 Å². The molecule has 0 amide bonds. The van der Waals surface area contributed by atoms with Crippen molar-refractivity contribution in [2.75, 3.05) is 0 Å². The van der Waals surface area contributed by atoms with Crippen LogP contribution in [0.3, 0.4) is 0 Å². The Morgan fingerprint density at radius 1 is 1.09 bits per heavy atom. The number of nitrogens with one attached hydrogen (secondary N) is 1. The van der Waals surface area contributed by atoms with Crippen molar-refractivity contribution in [3.63, 3.8) is 0 Å². The van der Waals surface area contributed by atoms with Crippen molar-refractivity contribution in [1.82, 2.24) is 5.32 Å². The van der Waals surface area contributed by atoms with E-state index in [4.69, 9.17) is 4.74 Å². The fraction of sp³-hybridized carbons (Fsp3) is 0.350. The van der Waals surface area contributed by atoms with E-state index >= 15 is 0 Å². The Bertz CT molecular complexity index is 625. The molecule has 3 heteroatoms. The van der Waals surface area contributed by atoms with Crippen molar-refractivity contribution in [2.45, 2.75) is 45.7 Å². The largest absolute Gasteiger partial charge is 0.427 e. The summed E-state index contributed by atoms with van der Waals surface area (Å²) in [5, 5.41) is 3.61. The predicted molar refractivity (Wildman–Crippen MR) is 93.5 cm³/mol. The molecule has 0 saturated carbocycles. The van der Waals surface area contributed by atoms with Gasteiger partial charge in [-0.25, -0.2) is 0 Å². The smallest absolute Gasteiger partial charge is 0.310 e. The fourth-order valence-corrected chi connectivity index (χ4v) is 2.62. The molecule has 0 unspecified atom stereocenters. The summed E-state index contributed by atoms with van der Waals surface area (Å²) in [6.07, 6.45) is 1.27. The van der Waals surface area contributed by atoms with Crippen LogP contribution >= 0.6 is 0 Å². The molecule has 1 N–H and O–H groups in total. The van der Waals surface area contributed by atoms with Crippen LogP contribution in [-0.4, -0.2) is 12.0 Å². The summed E-state index contributed by atoms with van der Waals surface area (Å²) in [6, 6.07) is 18.8. The molecule has 2 rings (SSSR count). The van der Waals surface area contributed by atoms with Crippen molar-refractivity contribution in [3.8, 4) is 5.75 Å². The maximum atomic E-state index is 11.4. The van der Waals surface area contributed by atoms with Crippen LogP contribution in [-0.2, 0) is 11.2 Å². The van der Waals surface area contributed by atoms with Crippen molar-refractivity contribution >= 4 is 5.97 Å². The lowest BCUT2D eigenvalue weighted by molar-refractivity contribution is -0.134. The molecule has 0 heterocycles. The topological polar surface area (TPSA) is 38.3 Å². The SMILES string of the molecule is CCC(=O)Oc1cccc(C[C@@H](C)N[C@H](C)c2ccccc2)c1. The van der Waals surface area contributed by atoms with Gasteiger partial charge >= 0.3 is 5.97 Å². The van der Waals surface area contributed by atoms with Crippen molar-refractivity contribution in [2.24, 2.45) is 0 Å². The van der Waals surface area contributed by atoms with Crippen LogP contribution in [0, 0.1) is 0 Å². The normalized spacial score (nSPS) is 13.3. The number of rotatable bonds is 7. The summed E-state index contributed by atoms with van der Waals surface area (Å²) >= 11 is 0. The van der Waals surface area contributed by atoms with E-state index in [0.29, 0.717) is 24.3 Å². The molecule has 2 aromatic rings. The number of hydrogen-bond acceptors (Lipinski definition) is 3. The van der Waals surface area contributed by atoms with E-state index in [9.17, 15) is 4.79 Å². The van der Waals surface area contributed by atoms with Gasteiger partial charge in [0.05, 0.1) is 0 Å². The third-order valence-electron chi connectivity index (χ3n) is 3.79. The van der Waals surface area contributed by atoms with Gasteiger partial charge in [0, 0.05) is 18.5 Å². The summed E-state index contributed by atoms with van der Waals surface area (Å²) < 4.78 is 5.28. The number of hydrogen-bond donors (Lipinski definition) is 1. The monoisotopic (exact) mass is 311 g/mol. The standard InChI is InChI=1S/C20H25NO2/c1-4-20(22)23-19-12-8-9-17(14-19)13-15(2)21-16(3)18-10-6-5-7-11-18/h5-12,14-16,21H,4,13H2,1-3H3/t15-,16-/m1/s1. The maximum Gasteiger partial charge on any atom is 0.310 e. The molecule has 3 nitrogen and oxygen atoms in total. The molecule has 0 fully saturated rings. The third kappa shape index (κ3) is 5.53. The molecule has 2 aromatic carbocycles. The molecular weight excluding hydrogens is 286 g/mol. The highest BCUT2D eigenvalue weighted by Gasteiger charge is 2.10. The van der Waals surface area contributed by atoms with E-state index in [1.54, 1.807) is 6.92 Å². The highest BCUT2D eigenvalue weighted by Crippen LogP contribution is 2.17. The average molecular weight is 311 g/mol. The number of carbonyl (C=O) groups is 1. The van der Waals surface area contributed by atoms with Crippen molar-refractivity contribution in [3.05, 3.63) is 65.7 Å². The van der Waals surface area contributed by atoms with Gasteiger partial charge in [-0.15, -0.1) is 0 Å². The summed E-state index contributed by atoms with van der Waals surface area (Å²) in [4.78, 5) is 11.4. The van der Waals surface area contributed by atoms with Gasteiger partial charge in [-0.2, -0.15) is 0 Å². The van der Waals surface area contributed by atoms with Gasteiger partial charge in [0.2, 0.25) is 0 Å². The van der Waals surface area contributed by atoms with Gasteiger partial charge in [0.25, 0.3) is 0 Å². The minimum Gasteiger partial charge on any atom is -0.427 e. The van der Waals surface area contributed by atoms with E-state index in [1.165, 1.54) is 5.56 Å². The Hall–Kier alpha value is -2.13. The average Bonchev–Trinajstić information content (AvgIpc) is 2.55. The van der Waals surface area contributed by atoms with Crippen LogP contribution in [0.4, 0.5) is 0 Å². The van der Waals surface area contributed by atoms with E-state index in [2.05, 4.69) is 49.5 Å². The minimum atomic E-state index is -0.203. The number of esters is 1. The molecule has 23 heavy (non-hydrogen) atoms. The Kier molecular flexibility index (Phi) is 6.36. The van der Waals surface area contributed by atoms with E-state index in [0.717, 1.165) is 12.0 Å². The third-order valence-corrected chi connectivity index (χ3v) is 3.79. The Labute approximate surface area is 138 Å². The zero-order chi connectivity index (χ0) is 16.7. The van der Waals surface area contributed by atoms with Crippen LogP contribution in [0.15, 0.2) is 54.6 Å². The molecule has 0 spiro atoms. The van der Waals surface area contributed by atoms with Gasteiger partial charge in [-0.3, -0.25) is 4.79 Å². The first-order chi connectivity index (χ1) is 11.1. The zero-order valence-electron chi connectivity index (χ0n) is 14.1. The Morgan fingerprint density at radius 3 is 2.52 bits per heavy atom. The van der Waals surface area contributed by atoms with Gasteiger partial charge < -0.3 is 10.1 Å². The molecule has 0 radical (unpaired) electrons. The lowest BCUT2D eigenvalue weighted by Gasteiger charge is -2.20. The molecule has 0 aliphatic carbocycles. The maximum absolute atomic E-state index is 11.4. The van der Waals surface area contributed by atoms with Crippen molar-refractivity contribution < 1.29 is 9.53 Å². The fourth-order valence-electron chi connectivity index (χ4n) is 2.62. The summed E-state index contributed by atoms with van der Waals surface area (Å²) in [7, 11) is 0. The van der Waals surface area contributed by atoms with E-state index in [1.807, 2.05) is 24.3 Å². The minimum absolute atomic E-state index is 0.203. The van der Waals surface area contributed by atoms with Gasteiger partial charge in [0.1, 0.15) is 5.75 Å². The van der Waals surface area contributed by atoms with Crippen LogP contribution in [0.1, 0.15) is 44.4 Å². The predicted octanol–water partition coefficient (Wildman–Crippen LogP) is 4.28.